The van der Waals surface area contributed by atoms with Crippen molar-refractivity contribution in [1.29, 1.82) is 0 Å². The summed E-state index contributed by atoms with van der Waals surface area (Å²) < 4.78 is 76.5. The highest BCUT2D eigenvalue weighted by atomic mass is 19.4. The van der Waals surface area contributed by atoms with Gasteiger partial charge in [0, 0.05) is 6.08 Å². The molecule has 0 aliphatic heterocycles. The zero-order chi connectivity index (χ0) is 17.5. The standard InChI is InChI=1S/C12H12F6O4/c1-10(2)5(7(10)8(20)21)3-4-6(19)22-9(11(13,14)15)12(16,17)18/h3-5,7,9H,1-2H3,(H,20,21). The third-order valence-corrected chi connectivity index (χ3v) is 3.44. The van der Waals surface area contributed by atoms with E-state index in [0.717, 1.165) is 6.08 Å². The number of carboxylic acid groups (broad SMARTS) is 1. The maximum Gasteiger partial charge on any atom is 0.434 e. The van der Waals surface area contributed by atoms with Crippen LogP contribution in [0, 0.1) is 17.3 Å². The number of carboxylic acids is 1. The van der Waals surface area contributed by atoms with Gasteiger partial charge in [-0.3, -0.25) is 4.79 Å². The number of alkyl halides is 6. The number of ether oxygens (including phenoxy) is 1. The Morgan fingerprint density at radius 1 is 1.14 bits per heavy atom. The van der Waals surface area contributed by atoms with Gasteiger partial charge in [-0.05, 0) is 11.3 Å². The molecule has 1 saturated carbocycles. The molecule has 0 aromatic heterocycles. The Bertz CT molecular complexity index is 477. The molecule has 1 fully saturated rings. The summed E-state index contributed by atoms with van der Waals surface area (Å²) in [5.74, 6) is -4.55. The summed E-state index contributed by atoms with van der Waals surface area (Å²) in [6.45, 7) is 3.08. The Morgan fingerprint density at radius 3 is 1.91 bits per heavy atom. The fourth-order valence-electron chi connectivity index (χ4n) is 2.17. The van der Waals surface area contributed by atoms with Crippen LogP contribution in [0.1, 0.15) is 13.8 Å². The molecule has 0 aromatic rings. The number of hydrogen-bond acceptors (Lipinski definition) is 3. The second-order valence-corrected chi connectivity index (χ2v) is 5.42. The van der Waals surface area contributed by atoms with Crippen molar-refractivity contribution in [2.75, 3.05) is 0 Å². The maximum atomic E-state index is 12.2. The quantitative estimate of drug-likeness (QED) is 0.488. The fourth-order valence-corrected chi connectivity index (χ4v) is 2.17. The average Bonchev–Trinajstić information content (AvgIpc) is 2.82. The minimum Gasteiger partial charge on any atom is -0.481 e. The van der Waals surface area contributed by atoms with Crippen LogP contribution in [-0.2, 0) is 14.3 Å². The van der Waals surface area contributed by atoms with E-state index in [9.17, 15) is 35.9 Å². The van der Waals surface area contributed by atoms with E-state index in [4.69, 9.17) is 5.11 Å². The summed E-state index contributed by atoms with van der Waals surface area (Å²) in [4.78, 5) is 21.9. The molecule has 0 spiro atoms. The molecule has 0 bridgehead atoms. The molecular weight excluding hydrogens is 322 g/mol. The number of carbonyl (C=O) groups excluding carboxylic acids is 1. The van der Waals surface area contributed by atoms with Crippen LogP contribution in [0.4, 0.5) is 26.3 Å². The van der Waals surface area contributed by atoms with Gasteiger partial charge in [0.1, 0.15) is 0 Å². The summed E-state index contributed by atoms with van der Waals surface area (Å²) in [6, 6.07) is 0. The Labute approximate surface area is 120 Å². The van der Waals surface area contributed by atoms with E-state index in [-0.39, 0.29) is 0 Å². The van der Waals surface area contributed by atoms with Gasteiger partial charge in [0.05, 0.1) is 5.92 Å². The van der Waals surface area contributed by atoms with Crippen molar-refractivity contribution in [2.24, 2.45) is 17.3 Å². The monoisotopic (exact) mass is 334 g/mol. The van der Waals surface area contributed by atoms with E-state index in [0.29, 0.717) is 6.08 Å². The summed E-state index contributed by atoms with van der Waals surface area (Å²) in [7, 11) is 0. The first-order valence-corrected chi connectivity index (χ1v) is 5.94. The number of halogens is 6. The Morgan fingerprint density at radius 2 is 1.59 bits per heavy atom. The van der Waals surface area contributed by atoms with Crippen LogP contribution in [-0.4, -0.2) is 35.5 Å². The molecule has 22 heavy (non-hydrogen) atoms. The summed E-state index contributed by atoms with van der Waals surface area (Å²) >= 11 is 0. The number of carbonyl (C=O) groups is 2. The molecule has 1 aliphatic rings. The molecule has 0 aromatic carbocycles. The molecule has 0 saturated heterocycles. The smallest absolute Gasteiger partial charge is 0.434 e. The Hall–Kier alpha value is -1.74. The molecule has 4 nitrogen and oxygen atoms in total. The van der Waals surface area contributed by atoms with Crippen molar-refractivity contribution in [3.8, 4) is 0 Å². The third kappa shape index (κ3) is 3.92. The van der Waals surface area contributed by atoms with Crippen LogP contribution in [0.3, 0.4) is 0 Å². The van der Waals surface area contributed by atoms with Crippen molar-refractivity contribution < 1.29 is 45.8 Å². The number of esters is 1. The maximum absolute atomic E-state index is 12.2. The number of allylic oxidation sites excluding steroid dienone is 1. The SMILES string of the molecule is CC1(C)C(C=CC(=O)OC(C(F)(F)F)C(F)(F)F)C1C(=O)O. The normalized spacial score (nSPS) is 24.6. The average molecular weight is 334 g/mol. The molecule has 2 atom stereocenters. The van der Waals surface area contributed by atoms with Crippen LogP contribution in [0.15, 0.2) is 12.2 Å². The van der Waals surface area contributed by atoms with Crippen LogP contribution < -0.4 is 0 Å². The topological polar surface area (TPSA) is 63.6 Å². The first kappa shape index (κ1) is 18.3. The van der Waals surface area contributed by atoms with E-state index in [1.54, 1.807) is 13.8 Å². The van der Waals surface area contributed by atoms with E-state index in [2.05, 4.69) is 4.74 Å². The van der Waals surface area contributed by atoms with Crippen LogP contribution >= 0.6 is 0 Å². The van der Waals surface area contributed by atoms with Gasteiger partial charge in [0.25, 0.3) is 6.10 Å². The predicted molar refractivity (Wildman–Crippen MR) is 59.5 cm³/mol. The lowest BCUT2D eigenvalue weighted by Crippen LogP contribution is -2.45. The van der Waals surface area contributed by atoms with Gasteiger partial charge < -0.3 is 9.84 Å². The number of hydrogen-bond donors (Lipinski definition) is 1. The highest BCUT2D eigenvalue weighted by Crippen LogP contribution is 2.59. The first-order chi connectivity index (χ1) is 9.69. The predicted octanol–water partition coefficient (Wildman–Crippen LogP) is 2.94. The van der Waals surface area contributed by atoms with E-state index < -0.39 is 47.6 Å². The van der Waals surface area contributed by atoms with Crippen molar-refractivity contribution in [1.82, 2.24) is 0 Å². The molecular formula is C12H12F6O4. The van der Waals surface area contributed by atoms with Gasteiger partial charge in [-0.15, -0.1) is 0 Å². The zero-order valence-electron chi connectivity index (χ0n) is 11.3. The second-order valence-electron chi connectivity index (χ2n) is 5.42. The van der Waals surface area contributed by atoms with Gasteiger partial charge in [-0.2, -0.15) is 26.3 Å². The minimum absolute atomic E-state index is 0.389. The molecule has 0 heterocycles. The summed E-state index contributed by atoms with van der Waals surface area (Å²) in [5, 5.41) is 8.84. The van der Waals surface area contributed by atoms with E-state index >= 15 is 0 Å². The second kappa shape index (κ2) is 5.47. The van der Waals surface area contributed by atoms with Gasteiger partial charge in [0.2, 0.25) is 0 Å². The van der Waals surface area contributed by atoms with Gasteiger partial charge >= 0.3 is 24.3 Å². The highest BCUT2D eigenvalue weighted by molar-refractivity contribution is 5.83. The molecule has 10 heteroatoms. The van der Waals surface area contributed by atoms with Crippen LogP contribution in [0.5, 0.6) is 0 Å². The molecule has 2 unspecified atom stereocenters. The summed E-state index contributed by atoms with van der Waals surface area (Å²) in [5.41, 5.74) is -0.740. The Balaban J connectivity index is 2.74. The van der Waals surface area contributed by atoms with Gasteiger partial charge in [-0.1, -0.05) is 19.9 Å². The van der Waals surface area contributed by atoms with Gasteiger partial charge in [-0.25, -0.2) is 4.79 Å². The van der Waals surface area contributed by atoms with Crippen molar-refractivity contribution in [2.45, 2.75) is 32.3 Å². The van der Waals surface area contributed by atoms with Crippen LogP contribution in [0.2, 0.25) is 0 Å². The van der Waals surface area contributed by atoms with E-state index in [1.807, 2.05) is 0 Å². The van der Waals surface area contributed by atoms with E-state index in [1.165, 1.54) is 0 Å². The van der Waals surface area contributed by atoms with Crippen molar-refractivity contribution >= 4 is 11.9 Å². The lowest BCUT2D eigenvalue weighted by Gasteiger charge is -2.22. The van der Waals surface area contributed by atoms with Crippen LogP contribution in [0.25, 0.3) is 0 Å². The molecule has 1 rings (SSSR count). The largest absolute Gasteiger partial charge is 0.481 e. The molecule has 0 radical (unpaired) electrons. The first-order valence-electron chi connectivity index (χ1n) is 5.94. The summed E-state index contributed by atoms with van der Waals surface area (Å²) in [6.07, 6.45) is -14.5. The van der Waals surface area contributed by atoms with Gasteiger partial charge in [0.15, 0.2) is 0 Å². The molecule has 1 aliphatic carbocycles. The lowest BCUT2D eigenvalue weighted by atomic mass is 10.1. The molecule has 1 N–H and O–H groups in total. The zero-order valence-corrected chi connectivity index (χ0v) is 11.3. The highest BCUT2D eigenvalue weighted by Gasteiger charge is 2.61. The van der Waals surface area contributed by atoms with Crippen molar-refractivity contribution in [3.05, 3.63) is 12.2 Å². The lowest BCUT2D eigenvalue weighted by molar-refractivity contribution is -0.312. The van der Waals surface area contributed by atoms with Crippen molar-refractivity contribution in [3.63, 3.8) is 0 Å². The third-order valence-electron chi connectivity index (χ3n) is 3.44. The number of rotatable bonds is 4. The minimum atomic E-state index is -5.79. The molecule has 126 valence electrons. The molecule has 0 amide bonds. The Kier molecular flexibility index (Phi) is 4.55. The number of aliphatic carboxylic acids is 1. The fraction of sp³-hybridized carbons (Fsp3) is 0.667.